The zero-order chi connectivity index (χ0) is 18.2. The van der Waals surface area contributed by atoms with Crippen LogP contribution in [0.15, 0.2) is 54.6 Å². The van der Waals surface area contributed by atoms with E-state index in [-0.39, 0.29) is 17.1 Å². The molecular formula is C21H24N2O2S. The fourth-order valence-corrected chi connectivity index (χ4v) is 3.99. The third-order valence-electron chi connectivity index (χ3n) is 4.47. The summed E-state index contributed by atoms with van der Waals surface area (Å²) in [5, 5.41) is 5.74. The Hall–Kier alpha value is -2.27. The summed E-state index contributed by atoms with van der Waals surface area (Å²) in [6.45, 7) is 0.663. The number of thioether (sulfide) groups is 1. The fourth-order valence-electron chi connectivity index (χ4n) is 3.04. The smallest absolute Gasteiger partial charge is 0.237 e. The first-order chi connectivity index (χ1) is 12.7. The van der Waals surface area contributed by atoms with Crippen molar-refractivity contribution in [1.82, 2.24) is 5.32 Å². The van der Waals surface area contributed by atoms with Crippen LogP contribution >= 0.6 is 11.8 Å². The molecule has 1 atom stereocenters. The normalized spacial score (nSPS) is 16.3. The molecule has 0 saturated heterocycles. The van der Waals surface area contributed by atoms with Crippen LogP contribution in [-0.4, -0.2) is 29.4 Å². The van der Waals surface area contributed by atoms with Crippen molar-refractivity contribution in [2.75, 3.05) is 17.6 Å². The van der Waals surface area contributed by atoms with Gasteiger partial charge in [0.15, 0.2) is 0 Å². The van der Waals surface area contributed by atoms with E-state index in [4.69, 9.17) is 0 Å². The van der Waals surface area contributed by atoms with Gasteiger partial charge in [0.05, 0.1) is 11.0 Å². The van der Waals surface area contributed by atoms with Gasteiger partial charge in [-0.3, -0.25) is 9.59 Å². The average molecular weight is 369 g/mol. The number of benzene rings is 2. The van der Waals surface area contributed by atoms with Gasteiger partial charge >= 0.3 is 0 Å². The van der Waals surface area contributed by atoms with E-state index >= 15 is 0 Å². The van der Waals surface area contributed by atoms with Crippen LogP contribution in [0, 0.1) is 0 Å². The van der Waals surface area contributed by atoms with Crippen molar-refractivity contribution in [3.63, 3.8) is 0 Å². The van der Waals surface area contributed by atoms with Crippen LogP contribution < -0.4 is 10.6 Å². The monoisotopic (exact) mass is 368 g/mol. The standard InChI is InChI=1S/C21H24N2O2S/c24-20(22-14-6-9-16-7-2-1-3-8-16)15-26-19-13-12-17-10-4-5-11-18(17)23-21(19)25/h1-5,7-8,10-11,19H,6,9,12-15H2,(H,22,24)(H,23,25). The molecule has 136 valence electrons. The molecule has 0 saturated carbocycles. The van der Waals surface area contributed by atoms with Gasteiger partial charge in [-0.25, -0.2) is 0 Å². The molecule has 0 spiro atoms. The molecular weight excluding hydrogens is 344 g/mol. The van der Waals surface area contributed by atoms with Gasteiger partial charge < -0.3 is 10.6 Å². The molecule has 2 aromatic rings. The summed E-state index contributed by atoms with van der Waals surface area (Å²) in [5.41, 5.74) is 3.34. The fraction of sp³-hybridized carbons (Fsp3) is 0.333. The molecule has 3 rings (SSSR count). The van der Waals surface area contributed by atoms with E-state index in [2.05, 4.69) is 22.8 Å². The third-order valence-corrected chi connectivity index (χ3v) is 5.75. The van der Waals surface area contributed by atoms with Crippen molar-refractivity contribution < 1.29 is 9.59 Å². The van der Waals surface area contributed by atoms with Crippen molar-refractivity contribution in [1.29, 1.82) is 0 Å². The van der Waals surface area contributed by atoms with E-state index in [1.54, 1.807) is 0 Å². The molecule has 0 fully saturated rings. The maximum absolute atomic E-state index is 12.3. The number of hydrogen-bond donors (Lipinski definition) is 2. The minimum absolute atomic E-state index is 0.00220. The van der Waals surface area contributed by atoms with Crippen molar-refractivity contribution in [2.24, 2.45) is 0 Å². The molecule has 1 aliphatic heterocycles. The van der Waals surface area contributed by atoms with Gasteiger partial charge in [-0.2, -0.15) is 0 Å². The molecule has 0 aromatic heterocycles. The molecule has 1 aliphatic rings. The number of aryl methyl sites for hydroxylation is 2. The van der Waals surface area contributed by atoms with E-state index in [0.717, 1.165) is 36.9 Å². The lowest BCUT2D eigenvalue weighted by Gasteiger charge is -2.12. The number of nitrogens with one attached hydrogen (secondary N) is 2. The Labute approximate surface area is 158 Å². The molecule has 5 heteroatoms. The number of fused-ring (bicyclic) bond motifs is 1. The first kappa shape index (κ1) is 18.5. The van der Waals surface area contributed by atoms with Gasteiger partial charge in [-0.1, -0.05) is 48.5 Å². The summed E-state index contributed by atoms with van der Waals surface area (Å²) in [5.74, 6) is 0.314. The lowest BCUT2D eigenvalue weighted by Crippen LogP contribution is -2.30. The van der Waals surface area contributed by atoms with Crippen LogP contribution in [-0.2, 0) is 22.4 Å². The first-order valence-electron chi connectivity index (χ1n) is 9.03. The topological polar surface area (TPSA) is 58.2 Å². The largest absolute Gasteiger partial charge is 0.355 e. The van der Waals surface area contributed by atoms with Gasteiger partial charge in [-0.15, -0.1) is 11.8 Å². The highest BCUT2D eigenvalue weighted by Crippen LogP contribution is 2.26. The molecule has 2 N–H and O–H groups in total. The Morgan fingerprint density at radius 1 is 1.12 bits per heavy atom. The van der Waals surface area contributed by atoms with Gasteiger partial charge in [0.2, 0.25) is 11.8 Å². The van der Waals surface area contributed by atoms with E-state index in [1.807, 2.05) is 42.5 Å². The molecule has 0 radical (unpaired) electrons. The van der Waals surface area contributed by atoms with Crippen molar-refractivity contribution in [3.05, 3.63) is 65.7 Å². The Balaban J connectivity index is 1.37. The van der Waals surface area contributed by atoms with Crippen LogP contribution in [0.2, 0.25) is 0 Å². The SMILES string of the molecule is O=C(CSC1CCc2ccccc2NC1=O)NCCCc1ccccc1. The van der Waals surface area contributed by atoms with Crippen LogP contribution in [0.1, 0.15) is 24.0 Å². The Bertz CT molecular complexity index is 749. The van der Waals surface area contributed by atoms with E-state index in [1.165, 1.54) is 17.3 Å². The van der Waals surface area contributed by atoms with Gasteiger partial charge in [0.1, 0.15) is 0 Å². The van der Waals surface area contributed by atoms with Crippen LogP contribution in [0.3, 0.4) is 0 Å². The highest BCUT2D eigenvalue weighted by Gasteiger charge is 2.24. The highest BCUT2D eigenvalue weighted by molar-refractivity contribution is 8.01. The summed E-state index contributed by atoms with van der Waals surface area (Å²) in [6, 6.07) is 18.1. The molecule has 0 aliphatic carbocycles. The van der Waals surface area contributed by atoms with Gasteiger partial charge in [-0.05, 0) is 42.9 Å². The number of carbonyl (C=O) groups is 2. The number of carbonyl (C=O) groups excluding carboxylic acids is 2. The van der Waals surface area contributed by atoms with E-state index < -0.39 is 0 Å². The Morgan fingerprint density at radius 3 is 2.73 bits per heavy atom. The molecule has 2 amide bonds. The second kappa shape index (κ2) is 9.43. The summed E-state index contributed by atoms with van der Waals surface area (Å²) in [4.78, 5) is 24.4. The molecule has 1 heterocycles. The number of rotatable bonds is 7. The molecule has 1 unspecified atom stereocenters. The second-order valence-electron chi connectivity index (χ2n) is 6.42. The number of para-hydroxylation sites is 1. The third kappa shape index (κ3) is 5.36. The number of anilines is 1. The van der Waals surface area contributed by atoms with Gasteiger partial charge in [0, 0.05) is 12.2 Å². The minimum atomic E-state index is -0.183. The van der Waals surface area contributed by atoms with Gasteiger partial charge in [0.25, 0.3) is 0 Å². The van der Waals surface area contributed by atoms with Crippen molar-refractivity contribution >= 4 is 29.3 Å². The predicted molar refractivity (Wildman–Crippen MR) is 107 cm³/mol. The molecule has 0 bridgehead atoms. The molecule has 4 nitrogen and oxygen atoms in total. The minimum Gasteiger partial charge on any atom is -0.355 e. The summed E-state index contributed by atoms with van der Waals surface area (Å²) < 4.78 is 0. The summed E-state index contributed by atoms with van der Waals surface area (Å²) in [6.07, 6.45) is 3.48. The van der Waals surface area contributed by atoms with Crippen LogP contribution in [0.5, 0.6) is 0 Å². The zero-order valence-corrected chi connectivity index (χ0v) is 15.6. The van der Waals surface area contributed by atoms with Crippen molar-refractivity contribution in [2.45, 2.75) is 30.9 Å². The molecule has 2 aromatic carbocycles. The van der Waals surface area contributed by atoms with Crippen molar-refractivity contribution in [3.8, 4) is 0 Å². The highest BCUT2D eigenvalue weighted by atomic mass is 32.2. The number of amides is 2. The zero-order valence-electron chi connectivity index (χ0n) is 14.7. The lowest BCUT2D eigenvalue weighted by atomic mass is 10.1. The number of hydrogen-bond acceptors (Lipinski definition) is 3. The molecule has 26 heavy (non-hydrogen) atoms. The maximum Gasteiger partial charge on any atom is 0.237 e. The summed E-state index contributed by atoms with van der Waals surface area (Å²) >= 11 is 1.43. The van der Waals surface area contributed by atoms with Crippen LogP contribution in [0.4, 0.5) is 5.69 Å². The first-order valence-corrected chi connectivity index (χ1v) is 10.1. The lowest BCUT2D eigenvalue weighted by molar-refractivity contribution is -0.118. The summed E-state index contributed by atoms with van der Waals surface area (Å²) in [7, 11) is 0. The predicted octanol–water partition coefficient (Wildman–Crippen LogP) is 3.42. The van der Waals surface area contributed by atoms with Crippen LogP contribution in [0.25, 0.3) is 0 Å². The average Bonchev–Trinajstić information content (AvgIpc) is 2.82. The van der Waals surface area contributed by atoms with E-state index in [9.17, 15) is 9.59 Å². The quantitative estimate of drug-likeness (QED) is 0.736. The van der Waals surface area contributed by atoms with E-state index in [0.29, 0.717) is 12.3 Å². The second-order valence-corrected chi connectivity index (χ2v) is 7.61. The Morgan fingerprint density at radius 2 is 1.88 bits per heavy atom. The maximum atomic E-state index is 12.3. The Kier molecular flexibility index (Phi) is 6.72.